The van der Waals surface area contributed by atoms with Crippen LogP contribution in [0.4, 0.5) is 11.4 Å². The normalized spacial score (nSPS) is 16.3. The summed E-state index contributed by atoms with van der Waals surface area (Å²) in [7, 11) is -7.47. The summed E-state index contributed by atoms with van der Waals surface area (Å²) in [4.78, 5) is 10.4. The number of nitrogens with one attached hydrogen (secondary N) is 1. The number of nitro groups is 1. The first-order valence-electron chi connectivity index (χ1n) is 7.72. The number of hydrogen-bond donors (Lipinski definition) is 2. The Bertz CT molecular complexity index is 864. The SMILES string of the molecule is NS(=O)(=O)CCCNc1ccc(S(=O)(=O)N2CCOCC2)cc1[N+](=O)[O-]. The fourth-order valence-corrected chi connectivity index (χ4v) is 4.38. The van der Waals surface area contributed by atoms with Crippen molar-refractivity contribution in [3.8, 4) is 0 Å². The molecular weight excluding hydrogens is 388 g/mol. The number of nitro benzene ring substituents is 1. The van der Waals surface area contributed by atoms with Crippen LogP contribution < -0.4 is 10.5 Å². The van der Waals surface area contributed by atoms with E-state index >= 15 is 0 Å². The van der Waals surface area contributed by atoms with Crippen molar-refractivity contribution in [2.45, 2.75) is 11.3 Å². The second-order valence-corrected chi connectivity index (χ2v) is 9.27. The number of benzene rings is 1. The van der Waals surface area contributed by atoms with Crippen LogP contribution in [-0.4, -0.2) is 64.7 Å². The van der Waals surface area contributed by atoms with Crippen LogP contribution in [0.25, 0.3) is 0 Å². The summed E-state index contributed by atoms with van der Waals surface area (Å²) in [6.45, 7) is 1.04. The van der Waals surface area contributed by atoms with Crippen molar-refractivity contribution in [2.24, 2.45) is 5.14 Å². The molecule has 26 heavy (non-hydrogen) atoms. The van der Waals surface area contributed by atoms with Crippen LogP contribution in [0, 0.1) is 10.1 Å². The van der Waals surface area contributed by atoms with Gasteiger partial charge in [-0.2, -0.15) is 4.31 Å². The van der Waals surface area contributed by atoms with E-state index in [0.29, 0.717) is 0 Å². The van der Waals surface area contributed by atoms with Crippen molar-refractivity contribution in [2.75, 3.05) is 43.9 Å². The van der Waals surface area contributed by atoms with Gasteiger partial charge in [-0.05, 0) is 18.6 Å². The van der Waals surface area contributed by atoms with Crippen LogP contribution >= 0.6 is 0 Å². The van der Waals surface area contributed by atoms with Crippen molar-refractivity contribution in [3.05, 3.63) is 28.3 Å². The molecule has 13 heteroatoms. The standard InChI is InChI=1S/C13H20N4O7S2/c14-25(20,21)9-1-4-15-12-3-2-11(10-13(12)17(18)19)26(22,23)16-5-7-24-8-6-16/h2-3,10,15H,1,4-9H2,(H2,14,20,21). The van der Waals surface area contributed by atoms with E-state index in [9.17, 15) is 26.9 Å². The molecule has 1 aromatic carbocycles. The third-order valence-electron chi connectivity index (χ3n) is 3.69. The topological polar surface area (TPSA) is 162 Å². The maximum atomic E-state index is 12.6. The van der Waals surface area contributed by atoms with Gasteiger partial charge in [-0.3, -0.25) is 10.1 Å². The quantitative estimate of drug-likeness (QED) is 0.337. The highest BCUT2D eigenvalue weighted by atomic mass is 32.2. The van der Waals surface area contributed by atoms with E-state index in [-0.39, 0.29) is 55.6 Å². The van der Waals surface area contributed by atoms with Gasteiger partial charge in [0.05, 0.1) is 28.8 Å². The van der Waals surface area contributed by atoms with Crippen LogP contribution in [0.2, 0.25) is 0 Å². The number of hydrogen-bond acceptors (Lipinski definition) is 8. The first kappa shape index (κ1) is 20.5. The van der Waals surface area contributed by atoms with E-state index in [1.54, 1.807) is 0 Å². The predicted molar refractivity (Wildman–Crippen MR) is 93.8 cm³/mol. The molecule has 1 fully saturated rings. The smallest absolute Gasteiger partial charge is 0.293 e. The molecule has 11 nitrogen and oxygen atoms in total. The lowest BCUT2D eigenvalue weighted by molar-refractivity contribution is -0.384. The number of anilines is 1. The summed E-state index contributed by atoms with van der Waals surface area (Å²) in [5.41, 5.74) is -0.305. The number of ether oxygens (including phenoxy) is 1. The van der Waals surface area contributed by atoms with Crippen molar-refractivity contribution < 1.29 is 26.5 Å². The number of nitrogens with zero attached hydrogens (tertiary/aromatic N) is 2. The second kappa shape index (κ2) is 8.26. The highest BCUT2D eigenvalue weighted by molar-refractivity contribution is 7.89. The lowest BCUT2D eigenvalue weighted by Gasteiger charge is -2.26. The predicted octanol–water partition coefficient (Wildman–Crippen LogP) is -0.294. The first-order valence-corrected chi connectivity index (χ1v) is 10.9. The minimum absolute atomic E-state index is 0.102. The van der Waals surface area contributed by atoms with Crippen LogP contribution in [0.5, 0.6) is 0 Å². The minimum atomic E-state index is -3.85. The van der Waals surface area contributed by atoms with Gasteiger partial charge in [0, 0.05) is 25.7 Å². The van der Waals surface area contributed by atoms with Gasteiger partial charge in [0.15, 0.2) is 0 Å². The lowest BCUT2D eigenvalue weighted by atomic mass is 10.2. The first-order chi connectivity index (χ1) is 12.1. The Labute approximate surface area is 151 Å². The average Bonchev–Trinajstić information content (AvgIpc) is 2.58. The number of rotatable bonds is 8. The molecule has 0 aliphatic carbocycles. The molecule has 0 radical (unpaired) electrons. The maximum Gasteiger partial charge on any atom is 0.293 e. The van der Waals surface area contributed by atoms with Crippen LogP contribution in [0.1, 0.15) is 6.42 Å². The third kappa shape index (κ3) is 5.35. The van der Waals surface area contributed by atoms with E-state index in [4.69, 9.17) is 9.88 Å². The molecule has 0 saturated carbocycles. The fourth-order valence-electron chi connectivity index (χ4n) is 2.40. The second-order valence-electron chi connectivity index (χ2n) is 5.60. The number of primary sulfonamides is 1. The summed E-state index contributed by atoms with van der Waals surface area (Å²) < 4.78 is 53.3. The van der Waals surface area contributed by atoms with Crippen molar-refractivity contribution in [1.29, 1.82) is 0 Å². The van der Waals surface area contributed by atoms with Gasteiger partial charge in [-0.15, -0.1) is 0 Å². The Balaban J connectivity index is 2.18. The van der Waals surface area contributed by atoms with Gasteiger partial charge < -0.3 is 10.1 Å². The van der Waals surface area contributed by atoms with E-state index in [1.165, 1.54) is 16.4 Å². The molecule has 0 spiro atoms. The Hall–Kier alpha value is -1.80. The number of sulfonamides is 2. The molecule has 1 heterocycles. The van der Waals surface area contributed by atoms with Crippen molar-refractivity contribution >= 4 is 31.4 Å². The van der Waals surface area contributed by atoms with Crippen molar-refractivity contribution in [1.82, 2.24) is 4.31 Å². The molecule has 1 aliphatic rings. The molecule has 0 bridgehead atoms. The Morgan fingerprint density at radius 1 is 1.23 bits per heavy atom. The maximum absolute atomic E-state index is 12.6. The molecule has 1 aliphatic heterocycles. The van der Waals surface area contributed by atoms with Gasteiger partial charge in [0.25, 0.3) is 5.69 Å². The Morgan fingerprint density at radius 3 is 2.46 bits per heavy atom. The number of nitrogens with two attached hydrogens (primary N) is 1. The van der Waals surface area contributed by atoms with Gasteiger partial charge >= 0.3 is 0 Å². The van der Waals surface area contributed by atoms with E-state index in [0.717, 1.165) is 6.07 Å². The zero-order valence-electron chi connectivity index (χ0n) is 13.8. The summed E-state index contributed by atoms with van der Waals surface area (Å²) in [5.74, 6) is -0.267. The zero-order valence-corrected chi connectivity index (χ0v) is 15.5. The molecule has 0 aromatic heterocycles. The van der Waals surface area contributed by atoms with E-state index in [1.807, 2.05) is 0 Å². The lowest BCUT2D eigenvalue weighted by Crippen LogP contribution is -2.40. The van der Waals surface area contributed by atoms with Gasteiger partial charge in [-0.25, -0.2) is 22.0 Å². The van der Waals surface area contributed by atoms with Crippen LogP contribution in [0.3, 0.4) is 0 Å². The number of morpholine rings is 1. The summed E-state index contributed by atoms with van der Waals surface area (Å²) in [6.07, 6.45) is 0.157. The average molecular weight is 408 g/mol. The van der Waals surface area contributed by atoms with Crippen molar-refractivity contribution in [3.63, 3.8) is 0 Å². The molecule has 1 saturated heterocycles. The summed E-state index contributed by atoms with van der Waals surface area (Å²) in [6, 6.07) is 3.56. The Morgan fingerprint density at radius 2 is 1.88 bits per heavy atom. The fraction of sp³-hybridized carbons (Fsp3) is 0.538. The van der Waals surface area contributed by atoms with E-state index < -0.39 is 30.7 Å². The molecule has 3 N–H and O–H groups in total. The monoisotopic (exact) mass is 408 g/mol. The minimum Gasteiger partial charge on any atom is -0.379 e. The zero-order chi connectivity index (χ0) is 19.4. The molecule has 1 aromatic rings. The highest BCUT2D eigenvalue weighted by Crippen LogP contribution is 2.29. The Kier molecular flexibility index (Phi) is 6.52. The molecular formula is C13H20N4O7S2. The van der Waals surface area contributed by atoms with Gasteiger partial charge in [-0.1, -0.05) is 0 Å². The molecule has 0 unspecified atom stereocenters. The van der Waals surface area contributed by atoms with E-state index in [2.05, 4.69) is 5.32 Å². The molecule has 2 rings (SSSR count). The van der Waals surface area contributed by atoms with Crippen LogP contribution in [0.15, 0.2) is 23.1 Å². The van der Waals surface area contributed by atoms with Gasteiger partial charge in [0.1, 0.15) is 5.69 Å². The van der Waals surface area contributed by atoms with Crippen LogP contribution in [-0.2, 0) is 24.8 Å². The molecule has 0 atom stereocenters. The summed E-state index contributed by atoms with van der Waals surface area (Å²) >= 11 is 0. The summed E-state index contributed by atoms with van der Waals surface area (Å²) in [5, 5.41) is 18.9. The molecule has 146 valence electrons. The van der Waals surface area contributed by atoms with Gasteiger partial charge in [0.2, 0.25) is 20.0 Å². The molecule has 0 amide bonds. The third-order valence-corrected chi connectivity index (χ3v) is 6.45. The largest absolute Gasteiger partial charge is 0.379 e. The highest BCUT2D eigenvalue weighted by Gasteiger charge is 2.28.